The van der Waals surface area contributed by atoms with Crippen molar-refractivity contribution < 1.29 is 27.1 Å². The predicted molar refractivity (Wildman–Crippen MR) is 156 cm³/mol. The Kier molecular flexibility index (Phi) is 6.86. The Labute approximate surface area is 235 Å². The van der Waals surface area contributed by atoms with Gasteiger partial charge in [-0.05, 0) is 52.6 Å². The molecule has 204 valence electrons. The number of aliphatic carboxylic acids is 1. The largest absolute Gasteiger partial charge is 0.480 e. The molecule has 0 spiro atoms. The van der Waals surface area contributed by atoms with E-state index in [1.807, 2.05) is 66.7 Å². The minimum atomic E-state index is -4.16. The van der Waals surface area contributed by atoms with Gasteiger partial charge >= 0.3 is 5.97 Å². The van der Waals surface area contributed by atoms with E-state index in [0.29, 0.717) is 5.56 Å². The second-order valence-corrected chi connectivity index (χ2v) is 11.6. The number of benzene rings is 5. The van der Waals surface area contributed by atoms with E-state index in [0.717, 1.165) is 48.5 Å². The summed E-state index contributed by atoms with van der Waals surface area (Å²) in [6.07, 6.45) is 0. The molecule has 5 aromatic carbocycles. The van der Waals surface area contributed by atoms with Gasteiger partial charge in [-0.2, -0.15) is 4.31 Å². The summed E-state index contributed by atoms with van der Waals surface area (Å²) in [6, 6.07) is 33.6. The van der Waals surface area contributed by atoms with Crippen molar-refractivity contribution in [1.29, 1.82) is 0 Å². The van der Waals surface area contributed by atoms with E-state index in [1.54, 1.807) is 18.2 Å². The van der Waals surface area contributed by atoms with Crippen LogP contribution in [0.5, 0.6) is 0 Å². The maximum Gasteiger partial charge on any atom is 0.318 e. The monoisotopic (exact) mass is 565 g/mol. The van der Waals surface area contributed by atoms with Crippen LogP contribution in [0.1, 0.15) is 5.56 Å². The first kappa shape index (κ1) is 26.4. The number of carboxylic acid groups (broad SMARTS) is 1. The zero-order chi connectivity index (χ0) is 28.6. The second kappa shape index (κ2) is 10.6. The van der Waals surface area contributed by atoms with Crippen molar-refractivity contribution in [2.75, 3.05) is 6.54 Å². The molecule has 0 unspecified atom stereocenters. The third-order valence-corrected chi connectivity index (χ3v) is 8.79. The maximum atomic E-state index is 13.7. The molecule has 1 aromatic heterocycles. The summed E-state index contributed by atoms with van der Waals surface area (Å²) in [4.78, 5) is 11.4. The van der Waals surface area contributed by atoms with Crippen LogP contribution in [-0.2, 0) is 21.4 Å². The minimum Gasteiger partial charge on any atom is -0.480 e. The zero-order valence-corrected chi connectivity index (χ0v) is 22.5. The van der Waals surface area contributed by atoms with Crippen LogP contribution in [0.25, 0.3) is 44.2 Å². The van der Waals surface area contributed by atoms with Gasteiger partial charge in [0, 0.05) is 22.9 Å². The van der Waals surface area contributed by atoms with Crippen LogP contribution in [-0.4, -0.2) is 30.3 Å². The topological polar surface area (TPSA) is 87.8 Å². The molecule has 0 aliphatic heterocycles. The van der Waals surface area contributed by atoms with Gasteiger partial charge in [-0.3, -0.25) is 4.79 Å². The van der Waals surface area contributed by atoms with Gasteiger partial charge in [-0.15, -0.1) is 0 Å². The predicted octanol–water partition coefficient (Wildman–Crippen LogP) is 7.33. The number of sulfonamides is 1. The van der Waals surface area contributed by atoms with Crippen molar-refractivity contribution in [1.82, 2.24) is 4.31 Å². The number of hydrogen-bond donors (Lipinski definition) is 1. The minimum absolute atomic E-state index is 0.0490. The third-order valence-electron chi connectivity index (χ3n) is 6.99. The quantitative estimate of drug-likeness (QED) is 0.209. The number of nitrogens with zero attached hydrogens (tertiary/aromatic N) is 1. The van der Waals surface area contributed by atoms with Crippen LogP contribution in [0.2, 0.25) is 0 Å². The van der Waals surface area contributed by atoms with Crippen LogP contribution < -0.4 is 0 Å². The van der Waals surface area contributed by atoms with E-state index < -0.39 is 28.4 Å². The van der Waals surface area contributed by atoms with Crippen molar-refractivity contribution in [3.63, 3.8) is 0 Å². The van der Waals surface area contributed by atoms with Crippen molar-refractivity contribution in [2.24, 2.45) is 0 Å². The summed E-state index contributed by atoms with van der Waals surface area (Å²) in [7, 11) is -4.16. The molecular formula is C33H24FNO5S. The van der Waals surface area contributed by atoms with Gasteiger partial charge in [0.15, 0.2) is 0 Å². The number of fused-ring (bicyclic) bond motifs is 3. The summed E-state index contributed by atoms with van der Waals surface area (Å²) in [5.74, 6) is -1.83. The van der Waals surface area contributed by atoms with Crippen LogP contribution in [0, 0.1) is 5.82 Å². The highest BCUT2D eigenvalue weighted by Gasteiger charge is 2.27. The fraction of sp³-hybridized carbons (Fsp3) is 0.0606. The highest BCUT2D eigenvalue weighted by Crippen LogP contribution is 2.36. The van der Waals surface area contributed by atoms with E-state index in [2.05, 4.69) is 0 Å². The van der Waals surface area contributed by atoms with E-state index in [-0.39, 0.29) is 11.4 Å². The standard InChI is InChI=1S/C33H24FNO5S/c34-26-6-3-5-22(19-26)20-35(21-32(36)37)41(38,39)27-17-15-24(16-18-27)23-11-13-25(14-12-23)28-8-4-9-30-29-7-1-2-10-31(29)40-33(28)30/h1-19H,20-21H2,(H,36,37). The zero-order valence-electron chi connectivity index (χ0n) is 21.7. The summed E-state index contributed by atoms with van der Waals surface area (Å²) in [5, 5.41) is 11.4. The Morgan fingerprint density at radius 3 is 2.10 bits per heavy atom. The summed E-state index contributed by atoms with van der Waals surface area (Å²) >= 11 is 0. The SMILES string of the molecule is O=C(O)CN(Cc1cccc(F)c1)S(=O)(=O)c1ccc(-c2ccc(-c3cccc4c3oc3ccccc34)cc2)cc1. The van der Waals surface area contributed by atoms with Gasteiger partial charge < -0.3 is 9.52 Å². The van der Waals surface area contributed by atoms with Crippen LogP contribution in [0.3, 0.4) is 0 Å². The lowest BCUT2D eigenvalue weighted by Gasteiger charge is -2.21. The lowest BCUT2D eigenvalue weighted by Crippen LogP contribution is -2.35. The molecule has 6 rings (SSSR count). The van der Waals surface area contributed by atoms with Gasteiger partial charge in [0.2, 0.25) is 10.0 Å². The first-order valence-corrected chi connectivity index (χ1v) is 14.3. The number of hydrogen-bond acceptors (Lipinski definition) is 4. The Morgan fingerprint density at radius 2 is 1.39 bits per heavy atom. The first-order valence-electron chi connectivity index (χ1n) is 12.9. The molecule has 0 radical (unpaired) electrons. The molecule has 0 bridgehead atoms. The fourth-order valence-corrected chi connectivity index (χ4v) is 6.38. The number of carbonyl (C=O) groups is 1. The number of rotatable bonds is 8. The van der Waals surface area contributed by atoms with E-state index in [1.165, 1.54) is 30.3 Å². The first-order chi connectivity index (χ1) is 19.8. The Bertz CT molecular complexity index is 2000. The fourth-order valence-electron chi connectivity index (χ4n) is 5.00. The molecule has 0 saturated heterocycles. The number of furan rings is 1. The average Bonchev–Trinajstić information content (AvgIpc) is 3.36. The van der Waals surface area contributed by atoms with Crippen LogP contribution >= 0.6 is 0 Å². The number of halogens is 1. The molecule has 0 aliphatic rings. The Hall–Kier alpha value is -4.79. The molecule has 41 heavy (non-hydrogen) atoms. The van der Waals surface area contributed by atoms with Crippen LogP contribution in [0.15, 0.2) is 125 Å². The van der Waals surface area contributed by atoms with E-state index in [9.17, 15) is 22.7 Å². The molecule has 1 heterocycles. The highest BCUT2D eigenvalue weighted by molar-refractivity contribution is 7.89. The molecule has 1 N–H and O–H groups in total. The molecule has 0 saturated carbocycles. The lowest BCUT2D eigenvalue weighted by atomic mass is 9.99. The third kappa shape index (κ3) is 5.23. The van der Waals surface area contributed by atoms with Gasteiger partial charge in [0.1, 0.15) is 23.5 Å². The molecule has 0 amide bonds. The summed E-state index contributed by atoms with van der Waals surface area (Å²) < 4.78 is 47.3. The van der Waals surface area contributed by atoms with Gasteiger partial charge in [0.25, 0.3) is 0 Å². The smallest absolute Gasteiger partial charge is 0.318 e. The second-order valence-electron chi connectivity index (χ2n) is 9.68. The molecule has 0 fully saturated rings. The van der Waals surface area contributed by atoms with Crippen molar-refractivity contribution in [2.45, 2.75) is 11.4 Å². The summed E-state index contributed by atoms with van der Waals surface area (Å²) in [5.41, 5.74) is 5.65. The number of carboxylic acids is 1. The number of para-hydroxylation sites is 2. The van der Waals surface area contributed by atoms with Crippen molar-refractivity contribution in [3.8, 4) is 22.3 Å². The molecule has 6 nitrogen and oxygen atoms in total. The molecular weight excluding hydrogens is 541 g/mol. The molecule has 0 atom stereocenters. The van der Waals surface area contributed by atoms with Crippen LogP contribution in [0.4, 0.5) is 4.39 Å². The molecule has 0 aliphatic carbocycles. The van der Waals surface area contributed by atoms with Gasteiger partial charge in [-0.25, -0.2) is 12.8 Å². The Balaban J connectivity index is 1.27. The van der Waals surface area contributed by atoms with Crippen molar-refractivity contribution >= 4 is 37.9 Å². The van der Waals surface area contributed by atoms with Gasteiger partial charge in [0.05, 0.1) is 4.90 Å². The molecule has 8 heteroatoms. The lowest BCUT2D eigenvalue weighted by molar-refractivity contribution is -0.137. The van der Waals surface area contributed by atoms with E-state index in [4.69, 9.17) is 4.42 Å². The maximum absolute atomic E-state index is 13.7. The van der Waals surface area contributed by atoms with Gasteiger partial charge in [-0.1, -0.05) is 84.9 Å². The highest BCUT2D eigenvalue weighted by atomic mass is 32.2. The normalized spacial score (nSPS) is 11.9. The Morgan fingerprint density at radius 1 is 0.756 bits per heavy atom. The average molecular weight is 566 g/mol. The van der Waals surface area contributed by atoms with Crippen molar-refractivity contribution in [3.05, 3.63) is 127 Å². The van der Waals surface area contributed by atoms with E-state index >= 15 is 0 Å². The summed E-state index contributed by atoms with van der Waals surface area (Å²) in [6.45, 7) is -1.02. The molecule has 6 aromatic rings.